The Kier molecular flexibility index (Phi) is 6.20. The predicted octanol–water partition coefficient (Wildman–Crippen LogP) is 5.07. The molecule has 3 N–H and O–H groups in total. The minimum atomic E-state index is 0.394. The van der Waals surface area contributed by atoms with Crippen LogP contribution in [0.1, 0.15) is 59.8 Å². The molecule has 1 atom stereocenters. The molecule has 0 saturated heterocycles. The zero-order chi connectivity index (χ0) is 14.3. The Labute approximate surface area is 118 Å². The van der Waals surface area contributed by atoms with Gasteiger partial charge in [0.1, 0.15) is 0 Å². The molecule has 19 heavy (non-hydrogen) atoms. The first-order chi connectivity index (χ1) is 8.98. The SMILES string of the molecule is CCCC(CC(C)(C)CCC)Nc1ccccc1N. The van der Waals surface area contributed by atoms with Gasteiger partial charge in [-0.05, 0) is 36.8 Å². The van der Waals surface area contributed by atoms with Gasteiger partial charge in [-0.2, -0.15) is 0 Å². The van der Waals surface area contributed by atoms with Crippen LogP contribution in [0.2, 0.25) is 0 Å². The van der Waals surface area contributed by atoms with Crippen LogP contribution in [0.4, 0.5) is 11.4 Å². The molecule has 2 heteroatoms. The zero-order valence-corrected chi connectivity index (χ0v) is 13.0. The van der Waals surface area contributed by atoms with Gasteiger partial charge in [0, 0.05) is 6.04 Å². The van der Waals surface area contributed by atoms with Crippen molar-refractivity contribution in [1.29, 1.82) is 0 Å². The van der Waals surface area contributed by atoms with Crippen LogP contribution in [0.15, 0.2) is 24.3 Å². The van der Waals surface area contributed by atoms with Gasteiger partial charge < -0.3 is 11.1 Å². The molecule has 0 heterocycles. The smallest absolute Gasteiger partial charge is 0.0576 e. The number of hydrogen-bond acceptors (Lipinski definition) is 2. The third-order valence-electron chi connectivity index (χ3n) is 3.68. The molecule has 0 radical (unpaired) electrons. The van der Waals surface area contributed by atoms with Gasteiger partial charge in [0.15, 0.2) is 0 Å². The molecule has 0 aromatic heterocycles. The Hall–Kier alpha value is -1.18. The molecular formula is C17H30N2. The number of para-hydroxylation sites is 2. The highest BCUT2D eigenvalue weighted by atomic mass is 14.9. The van der Waals surface area contributed by atoms with Gasteiger partial charge in [0.2, 0.25) is 0 Å². The molecule has 108 valence electrons. The third kappa shape index (κ3) is 5.54. The Morgan fingerprint density at radius 2 is 1.84 bits per heavy atom. The van der Waals surface area contributed by atoms with Crippen LogP contribution in [0.3, 0.4) is 0 Å². The molecule has 0 aliphatic heterocycles. The molecule has 0 aliphatic carbocycles. The number of rotatable bonds is 8. The van der Waals surface area contributed by atoms with Crippen LogP contribution in [-0.4, -0.2) is 6.04 Å². The van der Waals surface area contributed by atoms with E-state index < -0.39 is 0 Å². The average molecular weight is 262 g/mol. The van der Waals surface area contributed by atoms with Crippen molar-refractivity contribution in [2.45, 2.75) is 65.8 Å². The van der Waals surface area contributed by atoms with E-state index in [1.807, 2.05) is 18.2 Å². The van der Waals surface area contributed by atoms with Crippen molar-refractivity contribution >= 4 is 11.4 Å². The van der Waals surface area contributed by atoms with E-state index in [-0.39, 0.29) is 0 Å². The fraction of sp³-hybridized carbons (Fsp3) is 0.647. The second kappa shape index (κ2) is 7.42. The van der Waals surface area contributed by atoms with Gasteiger partial charge in [-0.25, -0.2) is 0 Å². The van der Waals surface area contributed by atoms with Crippen molar-refractivity contribution in [2.24, 2.45) is 5.41 Å². The monoisotopic (exact) mass is 262 g/mol. The van der Waals surface area contributed by atoms with Crippen molar-refractivity contribution in [3.05, 3.63) is 24.3 Å². The molecule has 1 rings (SSSR count). The first-order valence-corrected chi connectivity index (χ1v) is 7.59. The summed E-state index contributed by atoms with van der Waals surface area (Å²) in [4.78, 5) is 0. The lowest BCUT2D eigenvalue weighted by Crippen LogP contribution is -2.27. The van der Waals surface area contributed by atoms with Crippen LogP contribution in [-0.2, 0) is 0 Å². The summed E-state index contributed by atoms with van der Waals surface area (Å²) in [6.45, 7) is 9.25. The fourth-order valence-electron chi connectivity index (χ4n) is 2.87. The molecule has 1 aromatic rings. The second-order valence-electron chi connectivity index (χ2n) is 6.34. The van der Waals surface area contributed by atoms with E-state index >= 15 is 0 Å². The lowest BCUT2D eigenvalue weighted by molar-refractivity contribution is 0.280. The first kappa shape index (κ1) is 15.9. The molecule has 0 aliphatic rings. The van der Waals surface area contributed by atoms with Crippen LogP contribution >= 0.6 is 0 Å². The summed E-state index contributed by atoms with van der Waals surface area (Å²) >= 11 is 0. The fourth-order valence-corrected chi connectivity index (χ4v) is 2.87. The molecule has 0 spiro atoms. The predicted molar refractivity (Wildman–Crippen MR) is 86.5 cm³/mol. The second-order valence-corrected chi connectivity index (χ2v) is 6.34. The lowest BCUT2D eigenvalue weighted by Gasteiger charge is -2.31. The number of benzene rings is 1. The van der Waals surface area contributed by atoms with Gasteiger partial charge in [0.05, 0.1) is 11.4 Å². The van der Waals surface area contributed by atoms with E-state index in [4.69, 9.17) is 5.73 Å². The summed E-state index contributed by atoms with van der Waals surface area (Å²) in [5.41, 5.74) is 8.34. The molecule has 0 fully saturated rings. The summed E-state index contributed by atoms with van der Waals surface area (Å²) in [5.74, 6) is 0. The van der Waals surface area contributed by atoms with Gasteiger partial charge in [-0.15, -0.1) is 0 Å². The number of nitrogen functional groups attached to an aromatic ring is 1. The van der Waals surface area contributed by atoms with E-state index in [9.17, 15) is 0 Å². The van der Waals surface area contributed by atoms with E-state index in [1.54, 1.807) is 0 Å². The maximum Gasteiger partial charge on any atom is 0.0576 e. The van der Waals surface area contributed by atoms with Gasteiger partial charge in [-0.1, -0.05) is 52.7 Å². The van der Waals surface area contributed by atoms with Crippen molar-refractivity contribution in [2.75, 3.05) is 11.1 Å². The topological polar surface area (TPSA) is 38.0 Å². The Balaban J connectivity index is 2.70. The zero-order valence-electron chi connectivity index (χ0n) is 13.0. The van der Waals surface area contributed by atoms with E-state index in [0.29, 0.717) is 11.5 Å². The molecule has 0 saturated carbocycles. The van der Waals surface area contributed by atoms with E-state index in [2.05, 4.69) is 39.1 Å². The van der Waals surface area contributed by atoms with Crippen molar-refractivity contribution in [1.82, 2.24) is 0 Å². The van der Waals surface area contributed by atoms with Crippen molar-refractivity contribution in [3.8, 4) is 0 Å². The largest absolute Gasteiger partial charge is 0.397 e. The van der Waals surface area contributed by atoms with E-state index in [0.717, 1.165) is 11.4 Å². The number of anilines is 2. The number of nitrogens with one attached hydrogen (secondary N) is 1. The lowest BCUT2D eigenvalue weighted by atomic mass is 9.80. The minimum absolute atomic E-state index is 0.394. The van der Waals surface area contributed by atoms with Gasteiger partial charge in [-0.3, -0.25) is 0 Å². The third-order valence-corrected chi connectivity index (χ3v) is 3.68. The Morgan fingerprint density at radius 3 is 2.42 bits per heavy atom. The summed E-state index contributed by atoms with van der Waals surface area (Å²) in [5, 5.41) is 3.64. The Morgan fingerprint density at radius 1 is 1.16 bits per heavy atom. The molecule has 1 unspecified atom stereocenters. The standard InChI is InChI=1S/C17H30N2/c1-5-9-14(13-17(3,4)12-6-2)19-16-11-8-7-10-15(16)18/h7-8,10-11,14,19H,5-6,9,12-13,18H2,1-4H3. The molecule has 0 bridgehead atoms. The minimum Gasteiger partial charge on any atom is -0.397 e. The molecule has 2 nitrogen and oxygen atoms in total. The van der Waals surface area contributed by atoms with Crippen molar-refractivity contribution in [3.63, 3.8) is 0 Å². The number of nitrogens with two attached hydrogens (primary N) is 1. The van der Waals surface area contributed by atoms with Gasteiger partial charge >= 0.3 is 0 Å². The quantitative estimate of drug-likeness (QED) is 0.642. The van der Waals surface area contributed by atoms with Crippen molar-refractivity contribution < 1.29 is 0 Å². The summed E-state index contributed by atoms with van der Waals surface area (Å²) < 4.78 is 0. The molecule has 1 aromatic carbocycles. The highest BCUT2D eigenvalue weighted by Crippen LogP contribution is 2.31. The average Bonchev–Trinajstić information content (AvgIpc) is 2.31. The first-order valence-electron chi connectivity index (χ1n) is 7.59. The van der Waals surface area contributed by atoms with Gasteiger partial charge in [0.25, 0.3) is 0 Å². The maximum absolute atomic E-state index is 6.02. The number of hydrogen-bond donors (Lipinski definition) is 2. The highest BCUT2D eigenvalue weighted by Gasteiger charge is 2.22. The van der Waals surface area contributed by atoms with Crippen LogP contribution in [0.5, 0.6) is 0 Å². The molecular weight excluding hydrogens is 232 g/mol. The van der Waals surface area contributed by atoms with Crippen LogP contribution in [0, 0.1) is 5.41 Å². The Bertz CT molecular complexity index is 371. The normalized spacial score (nSPS) is 13.3. The summed E-state index contributed by atoms with van der Waals surface area (Å²) in [6, 6.07) is 8.57. The molecule has 0 amide bonds. The summed E-state index contributed by atoms with van der Waals surface area (Å²) in [6.07, 6.45) is 6.12. The summed E-state index contributed by atoms with van der Waals surface area (Å²) in [7, 11) is 0. The van der Waals surface area contributed by atoms with Crippen LogP contribution in [0.25, 0.3) is 0 Å². The van der Waals surface area contributed by atoms with Crippen LogP contribution < -0.4 is 11.1 Å². The van der Waals surface area contributed by atoms with E-state index in [1.165, 1.54) is 32.1 Å². The maximum atomic E-state index is 6.02. The highest BCUT2D eigenvalue weighted by molar-refractivity contribution is 5.65.